The van der Waals surface area contributed by atoms with Crippen molar-refractivity contribution < 1.29 is 4.52 Å². The second kappa shape index (κ2) is 3.06. The molecule has 1 atom stereocenters. The van der Waals surface area contributed by atoms with E-state index in [9.17, 15) is 0 Å². The molecular weight excluding hydrogens is 150 g/mol. The van der Waals surface area contributed by atoms with Crippen molar-refractivity contribution in [2.45, 2.75) is 25.6 Å². The highest BCUT2D eigenvalue weighted by molar-refractivity contribution is 6.20. The van der Waals surface area contributed by atoms with Gasteiger partial charge in [-0.3, -0.25) is 0 Å². The van der Waals surface area contributed by atoms with Crippen molar-refractivity contribution in [2.75, 3.05) is 0 Å². The fourth-order valence-electron chi connectivity index (χ4n) is 0.682. The summed E-state index contributed by atoms with van der Waals surface area (Å²) in [4.78, 5) is 0. The van der Waals surface area contributed by atoms with Crippen molar-refractivity contribution in [2.24, 2.45) is 0 Å². The molecule has 3 heteroatoms. The standard InChI is InChI=1S/C7H10ClNO/c1-3-6-4-7(5(2)8)10-9-6/h4-5H,3H2,1-2H3. The minimum Gasteiger partial charge on any atom is -0.360 e. The van der Waals surface area contributed by atoms with Crippen molar-refractivity contribution in [1.82, 2.24) is 5.16 Å². The van der Waals surface area contributed by atoms with Gasteiger partial charge in [0, 0.05) is 6.07 Å². The zero-order valence-electron chi connectivity index (χ0n) is 6.10. The molecule has 0 radical (unpaired) electrons. The van der Waals surface area contributed by atoms with Gasteiger partial charge in [-0.1, -0.05) is 12.1 Å². The summed E-state index contributed by atoms with van der Waals surface area (Å²) in [5.74, 6) is 0.749. The summed E-state index contributed by atoms with van der Waals surface area (Å²) in [6, 6.07) is 1.89. The Bertz CT molecular complexity index is 207. The predicted molar refractivity (Wildman–Crippen MR) is 40.1 cm³/mol. The van der Waals surface area contributed by atoms with Gasteiger partial charge >= 0.3 is 0 Å². The van der Waals surface area contributed by atoms with E-state index in [2.05, 4.69) is 5.16 Å². The number of alkyl halides is 1. The smallest absolute Gasteiger partial charge is 0.154 e. The molecule has 10 heavy (non-hydrogen) atoms. The molecule has 0 N–H and O–H groups in total. The number of aryl methyl sites for hydroxylation is 1. The quantitative estimate of drug-likeness (QED) is 0.620. The monoisotopic (exact) mass is 159 g/mol. The summed E-state index contributed by atoms with van der Waals surface area (Å²) >= 11 is 5.74. The zero-order chi connectivity index (χ0) is 7.56. The molecule has 0 spiro atoms. The highest BCUT2D eigenvalue weighted by Gasteiger charge is 2.06. The third-order valence-corrected chi connectivity index (χ3v) is 1.55. The molecule has 1 heterocycles. The molecular formula is C7H10ClNO. The summed E-state index contributed by atoms with van der Waals surface area (Å²) in [6.45, 7) is 3.89. The first-order valence-electron chi connectivity index (χ1n) is 3.33. The third-order valence-electron chi connectivity index (χ3n) is 1.33. The Morgan fingerprint density at radius 2 is 2.50 bits per heavy atom. The van der Waals surface area contributed by atoms with Crippen LogP contribution in [0.15, 0.2) is 10.6 Å². The Labute approximate surface area is 65.2 Å². The lowest BCUT2D eigenvalue weighted by atomic mass is 10.3. The molecule has 0 aliphatic carbocycles. The van der Waals surface area contributed by atoms with Crippen LogP contribution >= 0.6 is 11.6 Å². The summed E-state index contributed by atoms with van der Waals surface area (Å²) in [5, 5.41) is 3.72. The molecule has 0 fully saturated rings. The SMILES string of the molecule is CCc1cc(C(C)Cl)on1. The number of nitrogens with zero attached hydrogens (tertiary/aromatic N) is 1. The number of hydrogen-bond acceptors (Lipinski definition) is 2. The molecule has 0 amide bonds. The number of halogens is 1. The number of aromatic nitrogens is 1. The van der Waals surface area contributed by atoms with Crippen LogP contribution in [0.5, 0.6) is 0 Å². The molecule has 2 nitrogen and oxygen atoms in total. The molecule has 1 rings (SSSR count). The van der Waals surface area contributed by atoms with Gasteiger partial charge in [-0.2, -0.15) is 0 Å². The van der Waals surface area contributed by atoms with Crippen molar-refractivity contribution in [1.29, 1.82) is 0 Å². The van der Waals surface area contributed by atoms with Crippen LogP contribution in [0.3, 0.4) is 0 Å². The fourth-order valence-corrected chi connectivity index (χ4v) is 0.785. The minimum atomic E-state index is -0.0761. The Kier molecular flexibility index (Phi) is 2.33. The topological polar surface area (TPSA) is 26.0 Å². The van der Waals surface area contributed by atoms with Gasteiger partial charge in [-0.05, 0) is 13.3 Å². The average Bonchev–Trinajstić information content (AvgIpc) is 2.34. The Balaban J connectivity index is 2.78. The summed E-state index contributed by atoms with van der Waals surface area (Å²) in [7, 11) is 0. The molecule has 1 aromatic heterocycles. The molecule has 0 saturated heterocycles. The highest BCUT2D eigenvalue weighted by atomic mass is 35.5. The maximum atomic E-state index is 5.74. The number of rotatable bonds is 2. The van der Waals surface area contributed by atoms with E-state index in [4.69, 9.17) is 16.1 Å². The van der Waals surface area contributed by atoms with Crippen LogP contribution in [0.25, 0.3) is 0 Å². The van der Waals surface area contributed by atoms with Crippen molar-refractivity contribution >= 4 is 11.6 Å². The molecule has 0 saturated carbocycles. The summed E-state index contributed by atoms with van der Waals surface area (Å²) in [5.41, 5.74) is 0.961. The molecule has 0 aliphatic heterocycles. The molecule has 0 aliphatic rings. The van der Waals surface area contributed by atoms with Crippen LogP contribution in [-0.2, 0) is 6.42 Å². The Morgan fingerprint density at radius 3 is 2.80 bits per heavy atom. The van der Waals surface area contributed by atoms with E-state index in [1.807, 2.05) is 19.9 Å². The number of hydrogen-bond donors (Lipinski definition) is 0. The van der Waals surface area contributed by atoms with Gasteiger partial charge in [-0.15, -0.1) is 11.6 Å². The minimum absolute atomic E-state index is 0.0761. The van der Waals surface area contributed by atoms with Crippen LogP contribution in [0.2, 0.25) is 0 Å². The van der Waals surface area contributed by atoms with Crippen molar-refractivity contribution in [3.05, 3.63) is 17.5 Å². The molecule has 1 unspecified atom stereocenters. The highest BCUT2D eigenvalue weighted by Crippen LogP contribution is 2.19. The maximum Gasteiger partial charge on any atom is 0.154 e. The maximum absolute atomic E-state index is 5.74. The van der Waals surface area contributed by atoms with E-state index >= 15 is 0 Å². The Morgan fingerprint density at radius 1 is 1.80 bits per heavy atom. The van der Waals surface area contributed by atoms with Crippen LogP contribution in [0.1, 0.15) is 30.7 Å². The van der Waals surface area contributed by atoms with Gasteiger partial charge in [0.15, 0.2) is 5.76 Å². The first-order chi connectivity index (χ1) is 4.74. The molecule has 0 bridgehead atoms. The van der Waals surface area contributed by atoms with Gasteiger partial charge in [0.25, 0.3) is 0 Å². The van der Waals surface area contributed by atoms with E-state index < -0.39 is 0 Å². The van der Waals surface area contributed by atoms with E-state index in [1.165, 1.54) is 0 Å². The van der Waals surface area contributed by atoms with Crippen molar-refractivity contribution in [3.8, 4) is 0 Å². The summed E-state index contributed by atoms with van der Waals surface area (Å²) < 4.78 is 4.93. The first kappa shape index (κ1) is 7.61. The first-order valence-corrected chi connectivity index (χ1v) is 3.77. The average molecular weight is 160 g/mol. The van der Waals surface area contributed by atoms with Crippen LogP contribution in [0, 0.1) is 0 Å². The van der Waals surface area contributed by atoms with Crippen molar-refractivity contribution in [3.63, 3.8) is 0 Å². The molecule has 0 aromatic carbocycles. The third kappa shape index (κ3) is 1.51. The van der Waals surface area contributed by atoms with Crippen LogP contribution < -0.4 is 0 Å². The normalized spacial score (nSPS) is 13.5. The molecule has 56 valence electrons. The van der Waals surface area contributed by atoms with E-state index in [-0.39, 0.29) is 5.38 Å². The molecule has 1 aromatic rings. The van der Waals surface area contributed by atoms with Crippen LogP contribution in [-0.4, -0.2) is 5.16 Å². The van der Waals surface area contributed by atoms with Gasteiger partial charge in [0.05, 0.1) is 11.1 Å². The van der Waals surface area contributed by atoms with Gasteiger partial charge in [-0.25, -0.2) is 0 Å². The summed E-state index contributed by atoms with van der Waals surface area (Å²) in [6.07, 6.45) is 0.896. The fraction of sp³-hybridized carbons (Fsp3) is 0.571. The lowest BCUT2D eigenvalue weighted by molar-refractivity contribution is 0.378. The van der Waals surface area contributed by atoms with Gasteiger partial charge in [0.2, 0.25) is 0 Å². The zero-order valence-corrected chi connectivity index (χ0v) is 6.85. The second-order valence-corrected chi connectivity index (χ2v) is 2.84. The van der Waals surface area contributed by atoms with Crippen LogP contribution in [0.4, 0.5) is 0 Å². The largest absolute Gasteiger partial charge is 0.360 e. The van der Waals surface area contributed by atoms with E-state index in [0.29, 0.717) is 0 Å². The predicted octanol–water partition coefficient (Wildman–Crippen LogP) is 2.54. The lowest BCUT2D eigenvalue weighted by Crippen LogP contribution is -1.77. The van der Waals surface area contributed by atoms with E-state index in [0.717, 1.165) is 17.9 Å². The van der Waals surface area contributed by atoms with E-state index in [1.54, 1.807) is 0 Å². The lowest BCUT2D eigenvalue weighted by Gasteiger charge is -1.90. The van der Waals surface area contributed by atoms with Gasteiger partial charge in [0.1, 0.15) is 0 Å². The second-order valence-electron chi connectivity index (χ2n) is 2.19. The van der Waals surface area contributed by atoms with Gasteiger partial charge < -0.3 is 4.52 Å². The Hall–Kier alpha value is -0.500.